The highest BCUT2D eigenvalue weighted by Gasteiger charge is 2.25. The van der Waals surface area contributed by atoms with Gasteiger partial charge in [0.1, 0.15) is 5.82 Å². The van der Waals surface area contributed by atoms with E-state index in [1.807, 2.05) is 30.3 Å². The first kappa shape index (κ1) is 16.7. The van der Waals surface area contributed by atoms with Crippen LogP contribution < -0.4 is 9.62 Å². The maximum atomic E-state index is 12.8. The second-order valence-electron chi connectivity index (χ2n) is 6.39. The van der Waals surface area contributed by atoms with E-state index in [2.05, 4.69) is 26.7 Å². The third-order valence-electron chi connectivity index (χ3n) is 4.69. The van der Waals surface area contributed by atoms with Crippen molar-refractivity contribution in [1.29, 1.82) is 0 Å². The quantitative estimate of drug-likeness (QED) is 0.768. The Morgan fingerprint density at radius 3 is 2.46 bits per heavy atom. The molecular weight excluding hydrogens is 348 g/mol. The van der Waals surface area contributed by atoms with E-state index in [9.17, 15) is 8.42 Å². The van der Waals surface area contributed by atoms with Gasteiger partial charge in [0, 0.05) is 25.5 Å². The number of nitrogens with one attached hydrogen (secondary N) is 1. The van der Waals surface area contributed by atoms with Crippen molar-refractivity contribution >= 4 is 27.1 Å². The van der Waals surface area contributed by atoms with Crippen LogP contribution in [0, 0.1) is 6.92 Å². The first-order chi connectivity index (χ1) is 12.5. The molecule has 4 rings (SSSR count). The molecule has 2 heterocycles. The number of hydrogen-bond acceptors (Lipinski definition) is 4. The highest BCUT2D eigenvalue weighted by atomic mass is 32.2. The van der Waals surface area contributed by atoms with Gasteiger partial charge in [0.05, 0.1) is 11.4 Å². The fourth-order valence-electron chi connectivity index (χ4n) is 3.24. The minimum Gasteiger partial charge on any atom is -0.339 e. The van der Waals surface area contributed by atoms with Gasteiger partial charge in [0.25, 0.3) is 10.0 Å². The number of aryl methyl sites for hydroxylation is 2. The van der Waals surface area contributed by atoms with Gasteiger partial charge >= 0.3 is 0 Å². The predicted octanol–water partition coefficient (Wildman–Crippen LogP) is 3.22. The lowest BCUT2D eigenvalue weighted by atomic mass is 10.2. The van der Waals surface area contributed by atoms with Crippen LogP contribution in [-0.4, -0.2) is 24.5 Å². The number of fused-ring (bicyclic) bond motifs is 1. The Kier molecular flexibility index (Phi) is 3.96. The van der Waals surface area contributed by atoms with E-state index in [1.54, 1.807) is 24.6 Å². The summed E-state index contributed by atoms with van der Waals surface area (Å²) in [5.41, 5.74) is 3.78. The molecule has 0 unspecified atom stereocenters. The summed E-state index contributed by atoms with van der Waals surface area (Å²) < 4.78 is 29.9. The van der Waals surface area contributed by atoms with Crippen LogP contribution in [0.25, 0.3) is 0 Å². The van der Waals surface area contributed by atoms with Crippen LogP contribution in [0.5, 0.6) is 0 Å². The van der Waals surface area contributed by atoms with Crippen LogP contribution in [0.15, 0.2) is 59.8 Å². The summed E-state index contributed by atoms with van der Waals surface area (Å²) in [6.45, 7) is 2.59. The van der Waals surface area contributed by atoms with E-state index in [0.29, 0.717) is 11.5 Å². The second kappa shape index (κ2) is 6.17. The Bertz CT molecular complexity index is 1050. The Morgan fingerprint density at radius 1 is 1.04 bits per heavy atom. The van der Waals surface area contributed by atoms with Crippen LogP contribution in [-0.2, 0) is 23.5 Å². The highest BCUT2D eigenvalue weighted by molar-refractivity contribution is 7.92. The molecule has 26 heavy (non-hydrogen) atoms. The molecule has 6 nitrogen and oxygen atoms in total. The fourth-order valence-corrected chi connectivity index (χ4v) is 4.35. The lowest BCUT2D eigenvalue weighted by molar-refractivity contribution is 0.598. The molecule has 0 saturated carbocycles. The molecule has 1 N–H and O–H groups in total. The molecule has 0 saturated heterocycles. The van der Waals surface area contributed by atoms with Gasteiger partial charge in [-0.1, -0.05) is 30.3 Å². The van der Waals surface area contributed by atoms with Crippen LogP contribution in [0.3, 0.4) is 0 Å². The predicted molar refractivity (Wildman–Crippen MR) is 102 cm³/mol. The third-order valence-corrected chi connectivity index (χ3v) is 5.92. The number of imidazole rings is 1. The van der Waals surface area contributed by atoms with Crippen molar-refractivity contribution < 1.29 is 8.42 Å². The molecule has 0 fully saturated rings. The lowest BCUT2D eigenvalue weighted by Crippen LogP contribution is -2.19. The lowest BCUT2D eigenvalue weighted by Gasteiger charge is -2.23. The van der Waals surface area contributed by atoms with Crippen molar-refractivity contribution in [3.8, 4) is 0 Å². The smallest absolute Gasteiger partial charge is 0.281 e. The fraction of sp³-hybridized carbons (Fsp3) is 0.211. The van der Waals surface area contributed by atoms with Gasteiger partial charge in [-0.15, -0.1) is 0 Å². The molecule has 2 aromatic carbocycles. The first-order valence-electron chi connectivity index (χ1n) is 8.43. The van der Waals surface area contributed by atoms with Crippen LogP contribution in [0.4, 0.5) is 17.1 Å². The summed E-state index contributed by atoms with van der Waals surface area (Å²) in [6, 6.07) is 15.7. The van der Waals surface area contributed by atoms with Crippen molar-refractivity contribution in [2.75, 3.05) is 16.2 Å². The molecule has 1 aromatic heterocycles. The van der Waals surface area contributed by atoms with Crippen molar-refractivity contribution in [2.24, 2.45) is 7.05 Å². The summed E-state index contributed by atoms with van der Waals surface area (Å²) in [5, 5.41) is 0.0223. The normalized spacial score (nSPS) is 13.7. The summed E-state index contributed by atoms with van der Waals surface area (Å²) in [5.74, 6) is 0.645. The summed E-state index contributed by atoms with van der Waals surface area (Å²) in [4.78, 5) is 6.29. The number of rotatable bonds is 4. The molecule has 1 aliphatic heterocycles. The van der Waals surface area contributed by atoms with E-state index < -0.39 is 10.0 Å². The van der Waals surface area contributed by atoms with Crippen LogP contribution >= 0.6 is 0 Å². The van der Waals surface area contributed by atoms with Crippen molar-refractivity contribution in [1.82, 2.24) is 9.55 Å². The molecule has 7 heteroatoms. The maximum absolute atomic E-state index is 12.8. The number of anilines is 3. The molecule has 0 atom stereocenters. The Balaban J connectivity index is 1.71. The number of hydrogen-bond donors (Lipinski definition) is 1. The summed E-state index contributed by atoms with van der Waals surface area (Å²) >= 11 is 0. The van der Waals surface area contributed by atoms with Crippen molar-refractivity contribution in [2.45, 2.75) is 18.4 Å². The second-order valence-corrected chi connectivity index (χ2v) is 8.02. The van der Waals surface area contributed by atoms with E-state index in [0.717, 1.165) is 24.3 Å². The summed E-state index contributed by atoms with van der Waals surface area (Å²) in [6.07, 6.45) is 2.46. The zero-order chi connectivity index (χ0) is 18.3. The summed E-state index contributed by atoms with van der Waals surface area (Å²) in [7, 11) is -1.98. The van der Waals surface area contributed by atoms with Gasteiger partial charge in [-0.2, -0.15) is 8.42 Å². The molecule has 0 spiro atoms. The van der Waals surface area contributed by atoms with E-state index in [1.165, 1.54) is 11.8 Å². The standard InChI is InChI=1S/C19H20N4O2S/c1-14-20-19(13-22(14)2)26(24,25)21-16-8-4-6-10-18(16)23-12-11-15-7-3-5-9-17(15)23/h3-10,13,21H,11-12H2,1-2H3. The minimum atomic E-state index is -3.75. The van der Waals surface area contributed by atoms with Crippen molar-refractivity contribution in [3.63, 3.8) is 0 Å². The number of aromatic nitrogens is 2. The monoisotopic (exact) mass is 368 g/mol. The topological polar surface area (TPSA) is 67.2 Å². The van der Waals surface area contributed by atoms with Crippen molar-refractivity contribution in [3.05, 3.63) is 66.1 Å². The Labute approximate surface area is 153 Å². The molecule has 0 amide bonds. The van der Waals surface area contributed by atoms with E-state index >= 15 is 0 Å². The molecule has 0 aliphatic carbocycles. The Hall–Kier alpha value is -2.80. The maximum Gasteiger partial charge on any atom is 0.281 e. The zero-order valence-corrected chi connectivity index (χ0v) is 15.5. The SMILES string of the molecule is Cc1nc(S(=O)(=O)Nc2ccccc2N2CCc3ccccc32)cn1C. The number of benzene rings is 2. The van der Waals surface area contributed by atoms with Gasteiger partial charge in [-0.25, -0.2) is 4.98 Å². The van der Waals surface area contributed by atoms with Crippen LogP contribution in [0.2, 0.25) is 0 Å². The van der Waals surface area contributed by atoms with Crippen LogP contribution in [0.1, 0.15) is 11.4 Å². The van der Waals surface area contributed by atoms with E-state index in [-0.39, 0.29) is 5.03 Å². The average Bonchev–Trinajstić information content (AvgIpc) is 3.19. The zero-order valence-electron chi connectivity index (χ0n) is 14.7. The van der Waals surface area contributed by atoms with Gasteiger partial charge in [-0.05, 0) is 37.1 Å². The number of para-hydroxylation sites is 3. The van der Waals surface area contributed by atoms with Gasteiger partial charge < -0.3 is 9.47 Å². The van der Waals surface area contributed by atoms with E-state index in [4.69, 9.17) is 0 Å². The minimum absolute atomic E-state index is 0.0223. The molecule has 0 bridgehead atoms. The first-order valence-corrected chi connectivity index (χ1v) is 9.91. The number of nitrogens with zero attached hydrogens (tertiary/aromatic N) is 3. The Morgan fingerprint density at radius 2 is 1.73 bits per heavy atom. The molecular formula is C19H20N4O2S. The largest absolute Gasteiger partial charge is 0.339 e. The van der Waals surface area contributed by atoms with Gasteiger partial charge in [0.15, 0.2) is 5.03 Å². The molecule has 0 radical (unpaired) electrons. The highest BCUT2D eigenvalue weighted by Crippen LogP contribution is 2.38. The molecule has 134 valence electrons. The third kappa shape index (κ3) is 2.84. The molecule has 3 aromatic rings. The molecule has 1 aliphatic rings. The average molecular weight is 368 g/mol. The van der Waals surface area contributed by atoms with Gasteiger partial charge in [0.2, 0.25) is 0 Å². The van der Waals surface area contributed by atoms with Gasteiger partial charge in [-0.3, -0.25) is 4.72 Å². The number of sulfonamides is 1.